The molecule has 0 bridgehead atoms. The van der Waals surface area contributed by atoms with Crippen LogP contribution in [0.4, 0.5) is 0 Å². The Morgan fingerprint density at radius 1 is 0.952 bits per heavy atom. The molecular weight excluding hydrogens is 420 g/mol. The van der Waals surface area contributed by atoms with Crippen LogP contribution in [0.3, 0.4) is 0 Å². The minimum absolute atomic E-state index is 0.508. The van der Waals surface area contributed by atoms with Gasteiger partial charge in [-0.15, -0.1) is 0 Å². The molecule has 2 aromatic rings. The first-order valence-corrected chi connectivity index (χ1v) is 9.62. The number of sulfone groups is 1. The monoisotopic (exact) mass is 432 g/mol. The highest BCUT2D eigenvalue weighted by atomic mass is 79.9. The molecule has 112 valence electrons. The van der Waals surface area contributed by atoms with Gasteiger partial charge in [0.25, 0.3) is 0 Å². The van der Waals surface area contributed by atoms with Gasteiger partial charge in [0.1, 0.15) is 6.10 Å². The summed E-state index contributed by atoms with van der Waals surface area (Å²) in [6.45, 7) is 0. The van der Waals surface area contributed by atoms with Gasteiger partial charge in [0.2, 0.25) is 2.57 Å². The first kappa shape index (κ1) is 16.7. The van der Waals surface area contributed by atoms with Crippen molar-refractivity contribution in [3.63, 3.8) is 0 Å². The number of halogens is 2. The smallest absolute Gasteiger partial charge is 0.210 e. The number of alkyl halides is 2. The third kappa shape index (κ3) is 3.56. The highest BCUT2D eigenvalue weighted by Gasteiger charge is 2.43. The highest BCUT2D eigenvalue weighted by Crippen LogP contribution is 2.44. The molecule has 0 amide bonds. The van der Waals surface area contributed by atoms with Gasteiger partial charge in [-0.2, -0.15) is 0 Å². The van der Waals surface area contributed by atoms with Gasteiger partial charge in [-0.3, -0.25) is 0 Å². The lowest BCUT2D eigenvalue weighted by atomic mass is 10.0. The van der Waals surface area contributed by atoms with Crippen LogP contribution in [0.15, 0.2) is 54.6 Å². The van der Waals surface area contributed by atoms with E-state index in [4.69, 9.17) is 0 Å². The molecule has 6 heteroatoms. The van der Waals surface area contributed by atoms with Gasteiger partial charge in [-0.05, 0) is 16.7 Å². The summed E-state index contributed by atoms with van der Waals surface area (Å²) in [7, 11) is -3.53. The zero-order chi connectivity index (χ0) is 15.7. The maximum Gasteiger partial charge on any atom is 0.210 e. The summed E-state index contributed by atoms with van der Waals surface area (Å²) < 4.78 is 21.8. The lowest BCUT2D eigenvalue weighted by molar-refractivity contribution is 0.189. The van der Waals surface area contributed by atoms with Crippen molar-refractivity contribution in [3.05, 3.63) is 60.2 Å². The highest BCUT2D eigenvalue weighted by molar-refractivity contribution is 9.27. The van der Waals surface area contributed by atoms with Crippen LogP contribution in [-0.2, 0) is 9.84 Å². The van der Waals surface area contributed by atoms with Crippen molar-refractivity contribution in [2.75, 3.05) is 6.26 Å². The van der Waals surface area contributed by atoms with Crippen LogP contribution in [0.2, 0.25) is 0 Å². The third-order valence-electron chi connectivity index (χ3n) is 3.15. The molecule has 21 heavy (non-hydrogen) atoms. The van der Waals surface area contributed by atoms with E-state index in [0.717, 1.165) is 17.4 Å². The third-order valence-corrected chi connectivity index (χ3v) is 8.75. The molecule has 1 atom stereocenters. The van der Waals surface area contributed by atoms with E-state index in [2.05, 4.69) is 31.9 Å². The summed E-state index contributed by atoms with van der Waals surface area (Å²) in [4.78, 5) is 0. The molecule has 3 nitrogen and oxygen atoms in total. The normalized spacial score (nSPS) is 13.9. The first-order valence-electron chi connectivity index (χ1n) is 6.14. The van der Waals surface area contributed by atoms with E-state index in [-0.39, 0.29) is 0 Å². The molecule has 1 N–H and O–H groups in total. The molecule has 0 heterocycles. The molecule has 0 aliphatic heterocycles. The Bertz CT molecular complexity index is 710. The van der Waals surface area contributed by atoms with Crippen LogP contribution < -0.4 is 0 Å². The molecule has 0 aliphatic carbocycles. The molecule has 0 fully saturated rings. The number of benzene rings is 2. The SMILES string of the molecule is CS(=O)(=O)C(Br)(Br)[C@@H](O)c1ccc(-c2ccccc2)cc1. The lowest BCUT2D eigenvalue weighted by Gasteiger charge is -2.25. The number of rotatable bonds is 4. The van der Waals surface area contributed by atoms with Gasteiger partial charge in [0, 0.05) is 6.26 Å². The fourth-order valence-electron chi connectivity index (χ4n) is 1.89. The largest absolute Gasteiger partial charge is 0.385 e. The van der Waals surface area contributed by atoms with E-state index in [1.54, 1.807) is 12.1 Å². The van der Waals surface area contributed by atoms with Gasteiger partial charge in [0.15, 0.2) is 9.84 Å². The molecule has 0 spiro atoms. The van der Waals surface area contributed by atoms with Crippen molar-refractivity contribution in [1.29, 1.82) is 0 Å². The second-order valence-corrected chi connectivity index (χ2v) is 11.5. The minimum atomic E-state index is -3.53. The molecule has 0 unspecified atom stereocenters. The van der Waals surface area contributed by atoms with Crippen molar-refractivity contribution in [1.82, 2.24) is 0 Å². The molecule has 0 radical (unpaired) electrons. The maximum atomic E-state index is 11.7. The summed E-state index contributed by atoms with van der Waals surface area (Å²) in [5, 5.41) is 10.3. The molecule has 0 saturated carbocycles. The van der Waals surface area contributed by atoms with Crippen molar-refractivity contribution in [2.45, 2.75) is 8.67 Å². The van der Waals surface area contributed by atoms with Crippen LogP contribution >= 0.6 is 31.9 Å². The van der Waals surface area contributed by atoms with Crippen LogP contribution in [0.1, 0.15) is 11.7 Å². The molecule has 0 aromatic heterocycles. The quantitative estimate of drug-likeness (QED) is 0.744. The molecular formula is C15H14Br2O3S. The van der Waals surface area contributed by atoms with Gasteiger partial charge in [0.05, 0.1) is 0 Å². The van der Waals surface area contributed by atoms with E-state index in [9.17, 15) is 13.5 Å². The molecule has 2 rings (SSSR count). The number of hydrogen-bond acceptors (Lipinski definition) is 3. The van der Waals surface area contributed by atoms with E-state index in [0.29, 0.717) is 5.56 Å². The van der Waals surface area contributed by atoms with E-state index >= 15 is 0 Å². The second kappa shape index (κ2) is 6.20. The first-order chi connectivity index (χ1) is 9.73. The number of aliphatic hydroxyl groups excluding tert-OH is 1. The summed E-state index contributed by atoms with van der Waals surface area (Å²) in [6.07, 6.45) is -0.171. The Hall–Kier alpha value is -0.690. The van der Waals surface area contributed by atoms with Crippen LogP contribution in [0, 0.1) is 0 Å². The Morgan fingerprint density at radius 3 is 1.90 bits per heavy atom. The average Bonchev–Trinajstić information content (AvgIpc) is 2.46. The topological polar surface area (TPSA) is 54.4 Å². The van der Waals surface area contributed by atoms with Crippen molar-refractivity contribution >= 4 is 41.7 Å². The second-order valence-electron chi connectivity index (χ2n) is 4.72. The molecule has 2 aromatic carbocycles. The average molecular weight is 434 g/mol. The summed E-state index contributed by atoms with van der Waals surface area (Å²) >= 11 is 6.09. The standard InChI is InChI=1S/C15H14Br2O3S/c1-21(19,20)15(16,17)14(18)13-9-7-12(8-10-13)11-5-3-2-4-6-11/h2-10,14,18H,1H3/t14-/m0/s1. The van der Waals surface area contributed by atoms with Crippen molar-refractivity contribution in [2.24, 2.45) is 0 Å². The molecule has 0 aliphatic rings. The summed E-state index contributed by atoms with van der Waals surface area (Å²) in [5.41, 5.74) is 2.57. The van der Waals surface area contributed by atoms with Crippen LogP contribution in [0.5, 0.6) is 0 Å². The zero-order valence-electron chi connectivity index (χ0n) is 11.2. The molecule has 0 saturated heterocycles. The Balaban J connectivity index is 2.32. The number of hydrogen-bond donors (Lipinski definition) is 1. The van der Waals surface area contributed by atoms with Gasteiger partial charge < -0.3 is 5.11 Å². The maximum absolute atomic E-state index is 11.7. The van der Waals surface area contributed by atoms with Crippen molar-refractivity contribution in [3.8, 4) is 11.1 Å². The van der Waals surface area contributed by atoms with E-state index < -0.39 is 18.5 Å². The Kier molecular flexibility index (Phi) is 4.92. The predicted octanol–water partition coefficient (Wildman–Crippen LogP) is 3.88. The van der Waals surface area contributed by atoms with E-state index in [1.807, 2.05) is 42.5 Å². The van der Waals surface area contributed by atoms with Gasteiger partial charge in [-0.25, -0.2) is 8.42 Å². The fourth-order valence-corrected chi connectivity index (χ4v) is 2.96. The number of aliphatic hydroxyl groups is 1. The van der Waals surface area contributed by atoms with Gasteiger partial charge >= 0.3 is 0 Å². The summed E-state index contributed by atoms with van der Waals surface area (Å²) in [6, 6.07) is 17.0. The Morgan fingerprint density at radius 2 is 1.43 bits per heavy atom. The Labute approximate surface area is 141 Å². The fraction of sp³-hybridized carbons (Fsp3) is 0.200. The van der Waals surface area contributed by atoms with Crippen LogP contribution in [-0.4, -0.2) is 22.3 Å². The minimum Gasteiger partial charge on any atom is -0.385 e. The predicted molar refractivity (Wildman–Crippen MR) is 92.3 cm³/mol. The zero-order valence-corrected chi connectivity index (χ0v) is 15.2. The van der Waals surface area contributed by atoms with Gasteiger partial charge in [-0.1, -0.05) is 86.5 Å². The van der Waals surface area contributed by atoms with E-state index in [1.165, 1.54) is 0 Å². The summed E-state index contributed by atoms with van der Waals surface area (Å²) in [5.74, 6) is 0. The van der Waals surface area contributed by atoms with Crippen molar-refractivity contribution < 1.29 is 13.5 Å². The lowest BCUT2D eigenvalue weighted by Crippen LogP contribution is -2.31. The van der Waals surface area contributed by atoms with Crippen LogP contribution in [0.25, 0.3) is 11.1 Å².